The number of phosphoric acid groups is 1. The van der Waals surface area contributed by atoms with Gasteiger partial charge >= 0.3 is 25.7 Å². The summed E-state index contributed by atoms with van der Waals surface area (Å²) in [6.07, 6.45) is 57.8. The third-order valence-corrected chi connectivity index (χ3v) is 13.7. The number of unbranched alkanes of at least 4 members (excludes halogenated alkanes) is 30. The van der Waals surface area contributed by atoms with Crippen molar-refractivity contribution in [2.45, 2.75) is 290 Å². The first-order chi connectivity index (χ1) is 35.2. The van der Waals surface area contributed by atoms with Crippen molar-refractivity contribution < 1.29 is 52.2 Å². The van der Waals surface area contributed by atoms with Gasteiger partial charge in [0.25, 0.3) is 0 Å². The summed E-state index contributed by atoms with van der Waals surface area (Å²) >= 11 is 0. The molecule has 0 aliphatic carbocycles. The second-order valence-electron chi connectivity index (χ2n) is 19.8. The molecule has 0 aromatic rings. The smallest absolute Gasteiger partial charge is 0.462 e. The Hall–Kier alpha value is -2.56. The second-order valence-corrected chi connectivity index (χ2v) is 21.3. The lowest BCUT2D eigenvalue weighted by atomic mass is 10.1. The second kappa shape index (κ2) is 54.7. The standard InChI is InChI=1S/C60H109O11P/c1-4-7-10-13-16-19-22-24-26-27-28-29-31-32-35-37-40-43-46-49-58(62)67-53-57(71-60(64)51-48-45-42-39-36-33-30-25-23-20-17-14-11-8-5-2)55-69-72(65,66)68-54-56(52-61)70-59(63)50-47-44-41-38-34-21-18-15-12-9-6-3/h16-17,19-20,24-26,30,56-57,61H,4-15,18,21-23,27-29,31-55H2,1-3H3,(H,65,66)/b19-16-,20-17-,26-24-,30-25-. The first kappa shape index (κ1) is 69.4. The molecule has 0 aromatic heterocycles. The Morgan fingerprint density at radius 3 is 1.06 bits per heavy atom. The fourth-order valence-electron chi connectivity index (χ4n) is 8.18. The van der Waals surface area contributed by atoms with Crippen molar-refractivity contribution in [2.75, 3.05) is 26.4 Å². The molecule has 12 heteroatoms. The maximum atomic E-state index is 12.9. The normalized spacial score (nSPS) is 13.7. The van der Waals surface area contributed by atoms with Crippen LogP contribution in [0, 0.1) is 0 Å². The number of hydrogen-bond donors (Lipinski definition) is 2. The number of esters is 3. The molecule has 0 aliphatic rings. The van der Waals surface area contributed by atoms with Gasteiger partial charge in [0.2, 0.25) is 0 Å². The van der Waals surface area contributed by atoms with Crippen LogP contribution in [0.1, 0.15) is 278 Å². The highest BCUT2D eigenvalue weighted by Crippen LogP contribution is 2.43. The molecule has 11 nitrogen and oxygen atoms in total. The minimum absolute atomic E-state index is 0.152. The number of aliphatic hydroxyl groups excluding tert-OH is 1. The maximum Gasteiger partial charge on any atom is 0.472 e. The Balaban J connectivity index is 4.71. The molecule has 0 amide bonds. The van der Waals surface area contributed by atoms with E-state index in [-0.39, 0.29) is 25.9 Å². The molecule has 0 saturated heterocycles. The van der Waals surface area contributed by atoms with Gasteiger partial charge < -0.3 is 24.2 Å². The molecule has 0 saturated carbocycles. The van der Waals surface area contributed by atoms with Gasteiger partial charge in [0.15, 0.2) is 6.10 Å². The lowest BCUT2D eigenvalue weighted by molar-refractivity contribution is -0.161. The Labute approximate surface area is 441 Å². The van der Waals surface area contributed by atoms with E-state index in [1.54, 1.807) is 0 Å². The van der Waals surface area contributed by atoms with Crippen molar-refractivity contribution in [3.8, 4) is 0 Å². The third-order valence-electron chi connectivity index (χ3n) is 12.7. The lowest BCUT2D eigenvalue weighted by Gasteiger charge is -2.21. The molecule has 0 spiro atoms. The number of rotatable bonds is 55. The first-order valence-electron chi connectivity index (χ1n) is 29.5. The van der Waals surface area contributed by atoms with Gasteiger partial charge in [0, 0.05) is 19.3 Å². The van der Waals surface area contributed by atoms with E-state index < -0.39 is 57.8 Å². The van der Waals surface area contributed by atoms with E-state index in [1.807, 2.05) is 0 Å². The number of hydrogen-bond acceptors (Lipinski definition) is 10. The molecule has 72 heavy (non-hydrogen) atoms. The van der Waals surface area contributed by atoms with E-state index >= 15 is 0 Å². The minimum atomic E-state index is -4.75. The number of carbonyl (C=O) groups is 3. The lowest BCUT2D eigenvalue weighted by Crippen LogP contribution is -2.30. The minimum Gasteiger partial charge on any atom is -0.462 e. The van der Waals surface area contributed by atoms with E-state index in [0.29, 0.717) is 19.3 Å². The van der Waals surface area contributed by atoms with Crippen LogP contribution >= 0.6 is 7.82 Å². The molecule has 2 N–H and O–H groups in total. The summed E-state index contributed by atoms with van der Waals surface area (Å²) in [5.74, 6) is -1.47. The molecule has 0 radical (unpaired) electrons. The first-order valence-corrected chi connectivity index (χ1v) is 31.0. The molecule has 0 aromatic carbocycles. The van der Waals surface area contributed by atoms with E-state index in [1.165, 1.54) is 122 Å². The fourth-order valence-corrected chi connectivity index (χ4v) is 8.97. The average molecular weight is 1040 g/mol. The van der Waals surface area contributed by atoms with Crippen LogP contribution in [-0.2, 0) is 42.2 Å². The SMILES string of the molecule is CCCCC/C=C\C/C=C\CCCCCCCCCCCC(=O)OCC(COP(=O)(O)OCC(CO)OC(=O)CCCCCCCCCCCCC)OC(=O)CCCCCCC/C=C\C/C=C\CCCCC. The van der Waals surface area contributed by atoms with Gasteiger partial charge in [-0.1, -0.05) is 223 Å². The number of phosphoric ester groups is 1. The van der Waals surface area contributed by atoms with Crippen molar-refractivity contribution >= 4 is 25.7 Å². The molecule has 0 rings (SSSR count). The van der Waals surface area contributed by atoms with Crippen LogP contribution in [0.2, 0.25) is 0 Å². The van der Waals surface area contributed by atoms with Crippen molar-refractivity contribution in [2.24, 2.45) is 0 Å². The summed E-state index contributed by atoms with van der Waals surface area (Å²) < 4.78 is 39.5. The largest absolute Gasteiger partial charge is 0.472 e. The van der Waals surface area contributed by atoms with Gasteiger partial charge in [-0.25, -0.2) is 4.57 Å². The van der Waals surface area contributed by atoms with Gasteiger partial charge in [-0.2, -0.15) is 0 Å². The Bertz CT molecular complexity index is 1400. The van der Waals surface area contributed by atoms with Crippen LogP contribution < -0.4 is 0 Å². The number of ether oxygens (including phenoxy) is 3. The Morgan fingerprint density at radius 2 is 0.681 bits per heavy atom. The summed E-state index contributed by atoms with van der Waals surface area (Å²) in [6, 6.07) is 0. The van der Waals surface area contributed by atoms with Crippen LogP contribution in [0.25, 0.3) is 0 Å². The van der Waals surface area contributed by atoms with Crippen molar-refractivity contribution in [3.63, 3.8) is 0 Å². The van der Waals surface area contributed by atoms with Gasteiger partial charge in [-0.05, 0) is 83.5 Å². The monoisotopic (exact) mass is 1040 g/mol. The summed E-state index contributed by atoms with van der Waals surface area (Å²) in [4.78, 5) is 48.5. The van der Waals surface area contributed by atoms with Gasteiger partial charge in [-0.15, -0.1) is 0 Å². The van der Waals surface area contributed by atoms with Gasteiger partial charge in [0.1, 0.15) is 12.7 Å². The molecule has 0 fully saturated rings. The third kappa shape index (κ3) is 52.3. The molecular formula is C60H109O11P. The zero-order valence-electron chi connectivity index (χ0n) is 46.4. The number of carbonyl (C=O) groups excluding carboxylic acids is 3. The number of aliphatic hydroxyl groups is 1. The number of allylic oxidation sites excluding steroid dienone is 8. The summed E-state index contributed by atoms with van der Waals surface area (Å²) in [5, 5.41) is 9.79. The summed E-state index contributed by atoms with van der Waals surface area (Å²) in [6.45, 7) is 4.59. The summed E-state index contributed by atoms with van der Waals surface area (Å²) in [7, 11) is -4.75. The quantitative estimate of drug-likeness (QED) is 0.0197. The molecule has 0 bridgehead atoms. The predicted octanol–water partition coefficient (Wildman–Crippen LogP) is 17.4. The van der Waals surface area contributed by atoms with Crippen LogP contribution in [0.4, 0.5) is 0 Å². The zero-order valence-corrected chi connectivity index (χ0v) is 47.3. The van der Waals surface area contributed by atoms with Gasteiger partial charge in [0.05, 0.1) is 19.8 Å². The molecule has 0 aliphatic heterocycles. The molecule has 420 valence electrons. The Kier molecular flexibility index (Phi) is 52.7. The Morgan fingerprint density at radius 1 is 0.389 bits per heavy atom. The topological polar surface area (TPSA) is 155 Å². The van der Waals surface area contributed by atoms with Crippen molar-refractivity contribution in [3.05, 3.63) is 48.6 Å². The zero-order chi connectivity index (χ0) is 52.7. The van der Waals surface area contributed by atoms with E-state index in [9.17, 15) is 28.9 Å². The predicted molar refractivity (Wildman–Crippen MR) is 298 cm³/mol. The molecule has 3 unspecified atom stereocenters. The summed E-state index contributed by atoms with van der Waals surface area (Å²) in [5.41, 5.74) is 0. The van der Waals surface area contributed by atoms with E-state index in [4.69, 9.17) is 23.3 Å². The highest BCUT2D eigenvalue weighted by molar-refractivity contribution is 7.47. The van der Waals surface area contributed by atoms with Crippen LogP contribution in [0.5, 0.6) is 0 Å². The average Bonchev–Trinajstić information content (AvgIpc) is 3.37. The van der Waals surface area contributed by atoms with Crippen molar-refractivity contribution in [1.82, 2.24) is 0 Å². The van der Waals surface area contributed by atoms with Crippen molar-refractivity contribution in [1.29, 1.82) is 0 Å². The van der Waals surface area contributed by atoms with Crippen LogP contribution in [-0.4, -0.2) is 66.5 Å². The van der Waals surface area contributed by atoms with E-state index in [2.05, 4.69) is 69.4 Å². The molecule has 3 atom stereocenters. The van der Waals surface area contributed by atoms with Crippen LogP contribution in [0.15, 0.2) is 48.6 Å². The van der Waals surface area contributed by atoms with E-state index in [0.717, 1.165) is 96.3 Å². The van der Waals surface area contributed by atoms with Gasteiger partial charge in [-0.3, -0.25) is 23.4 Å². The van der Waals surface area contributed by atoms with Crippen LogP contribution in [0.3, 0.4) is 0 Å². The highest BCUT2D eigenvalue weighted by Gasteiger charge is 2.28. The fraction of sp³-hybridized carbons (Fsp3) is 0.817. The molecular weight excluding hydrogens is 928 g/mol. The highest BCUT2D eigenvalue weighted by atomic mass is 31.2. The maximum absolute atomic E-state index is 12.9. The molecule has 0 heterocycles.